The highest BCUT2D eigenvalue weighted by molar-refractivity contribution is 7.88. The molecular weight excluding hydrogens is 294 g/mol. The summed E-state index contributed by atoms with van der Waals surface area (Å²) < 4.78 is 23.9. The number of rotatable bonds is 6. The van der Waals surface area contributed by atoms with Crippen LogP contribution in [0.5, 0.6) is 0 Å². The van der Waals surface area contributed by atoms with E-state index in [0.717, 1.165) is 23.4 Å². The molecule has 0 aliphatic carbocycles. The summed E-state index contributed by atoms with van der Waals surface area (Å²) in [4.78, 5) is 13.9. The zero-order valence-corrected chi connectivity index (χ0v) is 13.3. The van der Waals surface area contributed by atoms with E-state index in [4.69, 9.17) is 5.73 Å². The molecule has 0 aromatic heterocycles. The molecule has 0 spiro atoms. The third kappa shape index (κ3) is 3.23. The maximum atomic E-state index is 11.9. The lowest BCUT2D eigenvalue weighted by Crippen LogP contribution is -2.60. The molecule has 21 heavy (non-hydrogen) atoms. The van der Waals surface area contributed by atoms with Crippen LogP contribution in [0.15, 0.2) is 0 Å². The van der Waals surface area contributed by atoms with Crippen LogP contribution in [-0.4, -0.2) is 72.7 Å². The van der Waals surface area contributed by atoms with Crippen LogP contribution in [0.4, 0.5) is 0 Å². The minimum atomic E-state index is -3.32. The Morgan fingerprint density at radius 1 is 1.62 bits per heavy atom. The molecule has 0 aromatic carbocycles. The number of primary amides is 1. The lowest BCUT2D eigenvalue weighted by atomic mass is 9.87. The van der Waals surface area contributed by atoms with Gasteiger partial charge in [0.25, 0.3) is 0 Å². The highest BCUT2D eigenvalue weighted by Gasteiger charge is 2.52. The fourth-order valence-corrected chi connectivity index (χ4v) is 3.88. The Morgan fingerprint density at radius 3 is 2.86 bits per heavy atom. The Bertz CT molecular complexity index is 506. The number of piperidine rings is 1. The Balaban J connectivity index is 2.06. The average molecular weight is 318 g/mol. The first kappa shape index (κ1) is 16.7. The number of nitrogens with two attached hydrogens (primary N) is 1. The molecule has 2 saturated heterocycles. The van der Waals surface area contributed by atoms with E-state index in [2.05, 4.69) is 6.42 Å². The largest absolute Gasteiger partial charge is 0.390 e. The quantitative estimate of drug-likeness (QED) is 0.649. The molecular formula is C13H24N3O4S. The Morgan fingerprint density at radius 2 is 2.29 bits per heavy atom. The van der Waals surface area contributed by atoms with E-state index in [1.807, 2.05) is 4.90 Å². The standard InChI is InChI=1S/C13H24N3O4S/c1-15(21(2,19)20)8-11(17)9-16-10-4-3-6-13(16,7-5-10)12(14)18/h3,10-11,17H,4-9H2,1-2H3,(H2,14,18)/t10-,11?,13+/m1/s1. The van der Waals surface area contributed by atoms with E-state index >= 15 is 0 Å². The third-order valence-electron chi connectivity index (χ3n) is 4.70. The number of β-amino-alcohol motifs (C(OH)–C–C–N with tert-alkyl or cyclic N) is 1. The second-order valence-electron chi connectivity index (χ2n) is 6.17. The molecule has 7 nitrogen and oxygen atoms in total. The monoisotopic (exact) mass is 318 g/mol. The van der Waals surface area contributed by atoms with Crippen molar-refractivity contribution in [3.8, 4) is 0 Å². The van der Waals surface area contributed by atoms with Gasteiger partial charge in [-0.05, 0) is 32.1 Å². The molecule has 3 atom stereocenters. The molecule has 2 aliphatic rings. The van der Waals surface area contributed by atoms with Crippen LogP contribution in [0.1, 0.15) is 25.7 Å². The highest BCUT2D eigenvalue weighted by atomic mass is 32.2. The molecule has 2 bridgehead atoms. The molecule has 3 N–H and O–H groups in total. The highest BCUT2D eigenvalue weighted by Crippen LogP contribution is 2.43. The number of nitrogens with zero attached hydrogens (tertiary/aromatic N) is 2. The van der Waals surface area contributed by atoms with E-state index in [0.29, 0.717) is 12.8 Å². The van der Waals surface area contributed by atoms with Gasteiger partial charge in [0.15, 0.2) is 0 Å². The normalized spacial score (nSPS) is 31.5. The maximum absolute atomic E-state index is 11.9. The van der Waals surface area contributed by atoms with Gasteiger partial charge in [-0.25, -0.2) is 12.7 Å². The topological polar surface area (TPSA) is 104 Å². The molecule has 2 rings (SSSR count). The second kappa shape index (κ2) is 5.83. The average Bonchev–Trinajstić information content (AvgIpc) is 2.58. The first-order valence-corrected chi connectivity index (χ1v) is 8.99. The predicted octanol–water partition coefficient (Wildman–Crippen LogP) is -1.07. The molecule has 1 amide bonds. The number of carbonyl (C=O) groups is 1. The predicted molar refractivity (Wildman–Crippen MR) is 78.7 cm³/mol. The van der Waals surface area contributed by atoms with E-state index in [1.54, 1.807) is 0 Å². The van der Waals surface area contributed by atoms with Crippen LogP contribution >= 0.6 is 0 Å². The minimum absolute atomic E-state index is 0.0145. The SMILES string of the molecule is CN(CC(O)CN1[C@@H]2C[CH]C[C@@]1(C(N)=O)CC2)S(C)(=O)=O. The van der Waals surface area contributed by atoms with E-state index in [-0.39, 0.29) is 25.0 Å². The van der Waals surface area contributed by atoms with Gasteiger partial charge in [-0.3, -0.25) is 9.69 Å². The Kier molecular flexibility index (Phi) is 4.63. The fourth-order valence-electron chi connectivity index (χ4n) is 3.44. The summed E-state index contributed by atoms with van der Waals surface area (Å²) >= 11 is 0. The van der Waals surface area contributed by atoms with Crippen molar-refractivity contribution in [2.75, 3.05) is 26.4 Å². The summed E-state index contributed by atoms with van der Waals surface area (Å²) in [6.45, 7) is 0.280. The number of aliphatic hydroxyl groups excluding tert-OH is 1. The van der Waals surface area contributed by atoms with Crippen molar-refractivity contribution in [1.29, 1.82) is 0 Å². The second-order valence-corrected chi connectivity index (χ2v) is 8.26. The Hall–Kier alpha value is -0.700. The number of aliphatic hydroxyl groups is 1. The van der Waals surface area contributed by atoms with E-state index in [9.17, 15) is 18.3 Å². The molecule has 0 saturated carbocycles. The van der Waals surface area contributed by atoms with Gasteiger partial charge in [-0.2, -0.15) is 0 Å². The van der Waals surface area contributed by atoms with Crippen LogP contribution in [0.2, 0.25) is 0 Å². The van der Waals surface area contributed by atoms with Gasteiger partial charge >= 0.3 is 0 Å². The van der Waals surface area contributed by atoms with Crippen molar-refractivity contribution in [2.24, 2.45) is 5.73 Å². The van der Waals surface area contributed by atoms with Gasteiger partial charge in [0, 0.05) is 26.2 Å². The van der Waals surface area contributed by atoms with Gasteiger partial charge in [-0.1, -0.05) is 0 Å². The fraction of sp³-hybridized carbons (Fsp3) is 0.846. The summed E-state index contributed by atoms with van der Waals surface area (Å²) in [6.07, 6.45) is 5.42. The van der Waals surface area contributed by atoms with Crippen molar-refractivity contribution in [2.45, 2.75) is 43.4 Å². The zero-order chi connectivity index (χ0) is 15.8. The van der Waals surface area contributed by atoms with Crippen LogP contribution in [0, 0.1) is 6.42 Å². The van der Waals surface area contributed by atoms with Gasteiger partial charge in [0.05, 0.1) is 12.4 Å². The molecule has 1 radical (unpaired) electrons. The molecule has 2 aliphatic heterocycles. The van der Waals surface area contributed by atoms with Crippen molar-refractivity contribution in [3.05, 3.63) is 6.42 Å². The van der Waals surface area contributed by atoms with Crippen molar-refractivity contribution < 1.29 is 18.3 Å². The molecule has 8 heteroatoms. The first-order chi connectivity index (χ1) is 9.67. The van der Waals surface area contributed by atoms with Crippen LogP contribution < -0.4 is 5.73 Å². The van der Waals surface area contributed by atoms with Crippen molar-refractivity contribution in [3.63, 3.8) is 0 Å². The summed E-state index contributed by atoms with van der Waals surface area (Å²) in [5, 5.41) is 10.2. The van der Waals surface area contributed by atoms with Crippen LogP contribution in [-0.2, 0) is 14.8 Å². The lowest BCUT2D eigenvalue weighted by Gasteiger charge is -2.43. The lowest BCUT2D eigenvalue weighted by molar-refractivity contribution is -0.131. The number of sulfonamides is 1. The number of hydrogen-bond acceptors (Lipinski definition) is 5. The Labute approximate surface area is 126 Å². The molecule has 0 aromatic rings. The summed E-state index contributed by atoms with van der Waals surface area (Å²) in [6, 6.07) is 0.212. The van der Waals surface area contributed by atoms with Crippen molar-refractivity contribution >= 4 is 15.9 Å². The number of likely N-dealkylation sites (N-methyl/N-ethyl adjacent to an activating group) is 1. The molecule has 2 heterocycles. The molecule has 2 fully saturated rings. The number of hydrogen-bond donors (Lipinski definition) is 2. The third-order valence-corrected chi connectivity index (χ3v) is 5.98. The summed E-state index contributed by atoms with van der Waals surface area (Å²) in [5.41, 5.74) is 4.89. The number of fused-ring (bicyclic) bond motifs is 2. The van der Waals surface area contributed by atoms with Gasteiger partial charge in [0.2, 0.25) is 15.9 Å². The van der Waals surface area contributed by atoms with Gasteiger partial charge < -0.3 is 10.8 Å². The van der Waals surface area contributed by atoms with Crippen LogP contribution in [0.3, 0.4) is 0 Å². The summed E-state index contributed by atoms with van der Waals surface area (Å²) in [5.74, 6) is -0.357. The smallest absolute Gasteiger partial charge is 0.237 e. The number of carbonyl (C=O) groups excluding carboxylic acids is 1. The summed E-state index contributed by atoms with van der Waals surface area (Å²) in [7, 11) is -1.89. The minimum Gasteiger partial charge on any atom is -0.390 e. The van der Waals surface area contributed by atoms with Gasteiger partial charge in [0.1, 0.15) is 5.54 Å². The maximum Gasteiger partial charge on any atom is 0.237 e. The number of amides is 1. The van der Waals surface area contributed by atoms with Crippen molar-refractivity contribution in [1.82, 2.24) is 9.21 Å². The zero-order valence-electron chi connectivity index (χ0n) is 12.5. The van der Waals surface area contributed by atoms with E-state index in [1.165, 1.54) is 7.05 Å². The van der Waals surface area contributed by atoms with Gasteiger partial charge in [-0.15, -0.1) is 0 Å². The molecule has 1 unspecified atom stereocenters. The first-order valence-electron chi connectivity index (χ1n) is 7.14. The van der Waals surface area contributed by atoms with Crippen LogP contribution in [0.25, 0.3) is 0 Å². The van der Waals surface area contributed by atoms with E-state index < -0.39 is 21.7 Å². The molecule has 121 valence electrons.